The molecule has 0 fully saturated rings. The summed E-state index contributed by atoms with van der Waals surface area (Å²) in [6.45, 7) is 9.98. The fourth-order valence-electron chi connectivity index (χ4n) is 4.04. The Kier molecular flexibility index (Phi) is 9.50. The van der Waals surface area contributed by atoms with Crippen molar-refractivity contribution in [2.75, 3.05) is 10.8 Å². The van der Waals surface area contributed by atoms with Gasteiger partial charge in [-0.25, -0.2) is 12.8 Å². The summed E-state index contributed by atoms with van der Waals surface area (Å²) in [5, 5.41) is 2.78. The molecule has 0 aromatic heterocycles. The van der Waals surface area contributed by atoms with Crippen molar-refractivity contribution >= 4 is 27.5 Å². The second-order valence-electron chi connectivity index (χ2n) is 10.0. The second-order valence-corrected chi connectivity index (χ2v) is 11.9. The number of hydrogen-bond donors (Lipinski definition) is 1. The van der Waals surface area contributed by atoms with Crippen molar-refractivity contribution in [2.45, 2.75) is 65.1 Å². The molecule has 7 nitrogen and oxygen atoms in total. The maximum atomic E-state index is 14.6. The monoisotopic (exact) mass is 553 g/mol. The standard InChI is InChI=1S/C30H36FN3O4S/c1-20(2)32-30(36)24(6)33(18-25-9-7-8-10-28(25)31)29(35)19-34(26-14-13-22(4)23(5)17-26)39(37,38)27-15-11-21(3)12-16-27/h7-17,20,24H,18-19H2,1-6H3,(H,32,36)/t24-/m1/s1. The molecule has 208 valence electrons. The lowest BCUT2D eigenvalue weighted by Gasteiger charge is -2.32. The fraction of sp³-hybridized carbons (Fsp3) is 0.333. The van der Waals surface area contributed by atoms with Gasteiger partial charge in [-0.3, -0.25) is 13.9 Å². The van der Waals surface area contributed by atoms with E-state index in [4.69, 9.17) is 0 Å². The molecule has 0 aliphatic heterocycles. The highest BCUT2D eigenvalue weighted by Crippen LogP contribution is 2.27. The van der Waals surface area contributed by atoms with Crippen LogP contribution in [-0.4, -0.2) is 43.8 Å². The molecular weight excluding hydrogens is 517 g/mol. The van der Waals surface area contributed by atoms with Crippen molar-refractivity contribution in [3.8, 4) is 0 Å². The molecule has 9 heteroatoms. The Labute approximate surface area is 230 Å². The lowest BCUT2D eigenvalue weighted by atomic mass is 10.1. The van der Waals surface area contributed by atoms with Gasteiger partial charge in [0.05, 0.1) is 10.6 Å². The van der Waals surface area contributed by atoms with Crippen LogP contribution in [0.2, 0.25) is 0 Å². The summed E-state index contributed by atoms with van der Waals surface area (Å²) in [5.41, 5.74) is 3.25. The van der Waals surface area contributed by atoms with Crippen LogP contribution in [0.1, 0.15) is 43.0 Å². The first-order valence-corrected chi connectivity index (χ1v) is 14.2. The number of nitrogens with zero attached hydrogens (tertiary/aromatic N) is 2. The zero-order valence-electron chi connectivity index (χ0n) is 23.2. The SMILES string of the molecule is Cc1ccc(S(=O)(=O)N(CC(=O)N(Cc2ccccc2F)[C@H](C)C(=O)NC(C)C)c2ccc(C)c(C)c2)cc1. The number of aryl methyl sites for hydroxylation is 3. The first-order valence-electron chi connectivity index (χ1n) is 12.8. The van der Waals surface area contributed by atoms with Crippen LogP contribution in [0.4, 0.5) is 10.1 Å². The Hall–Kier alpha value is -3.72. The molecule has 39 heavy (non-hydrogen) atoms. The van der Waals surface area contributed by atoms with E-state index in [0.29, 0.717) is 5.69 Å². The third-order valence-electron chi connectivity index (χ3n) is 6.56. The first-order chi connectivity index (χ1) is 18.3. The third kappa shape index (κ3) is 7.23. The summed E-state index contributed by atoms with van der Waals surface area (Å²) >= 11 is 0. The molecule has 2 amide bonds. The highest BCUT2D eigenvalue weighted by Gasteiger charge is 2.33. The molecule has 0 unspecified atom stereocenters. The van der Waals surface area contributed by atoms with Crippen LogP contribution in [0.3, 0.4) is 0 Å². The summed E-state index contributed by atoms with van der Waals surface area (Å²) in [5.74, 6) is -1.59. The summed E-state index contributed by atoms with van der Waals surface area (Å²) in [4.78, 5) is 28.1. The number of anilines is 1. The molecule has 0 aliphatic rings. The number of benzene rings is 3. The Morgan fingerprint density at radius 3 is 2.13 bits per heavy atom. The van der Waals surface area contributed by atoms with Crippen molar-refractivity contribution in [1.29, 1.82) is 0 Å². The van der Waals surface area contributed by atoms with Gasteiger partial charge in [0.1, 0.15) is 18.4 Å². The predicted octanol–water partition coefficient (Wildman–Crippen LogP) is 4.89. The number of nitrogens with one attached hydrogen (secondary N) is 1. The van der Waals surface area contributed by atoms with Gasteiger partial charge in [0.2, 0.25) is 11.8 Å². The molecule has 0 spiro atoms. The number of carbonyl (C=O) groups is 2. The van der Waals surface area contributed by atoms with Gasteiger partial charge in [0.25, 0.3) is 10.0 Å². The van der Waals surface area contributed by atoms with Crippen molar-refractivity contribution in [3.05, 3.63) is 94.8 Å². The average Bonchev–Trinajstić information content (AvgIpc) is 2.87. The van der Waals surface area contributed by atoms with Crippen LogP contribution >= 0.6 is 0 Å². The van der Waals surface area contributed by atoms with Crippen LogP contribution in [0.5, 0.6) is 0 Å². The summed E-state index contributed by atoms with van der Waals surface area (Å²) in [6, 6.07) is 16.4. The molecule has 3 rings (SSSR count). The molecule has 1 N–H and O–H groups in total. The van der Waals surface area contributed by atoms with Crippen LogP contribution < -0.4 is 9.62 Å². The van der Waals surface area contributed by atoms with E-state index < -0.39 is 40.2 Å². The molecule has 0 aliphatic carbocycles. The van der Waals surface area contributed by atoms with Gasteiger partial charge in [0.15, 0.2) is 0 Å². The van der Waals surface area contributed by atoms with Crippen molar-refractivity contribution in [1.82, 2.24) is 10.2 Å². The van der Waals surface area contributed by atoms with Crippen LogP contribution in [-0.2, 0) is 26.2 Å². The summed E-state index contributed by atoms with van der Waals surface area (Å²) in [6.07, 6.45) is 0. The third-order valence-corrected chi connectivity index (χ3v) is 8.35. The van der Waals surface area contributed by atoms with E-state index >= 15 is 0 Å². The van der Waals surface area contributed by atoms with Crippen molar-refractivity contribution in [3.63, 3.8) is 0 Å². The highest BCUT2D eigenvalue weighted by molar-refractivity contribution is 7.92. The Balaban J connectivity index is 2.07. The van der Waals surface area contributed by atoms with Gasteiger partial charge >= 0.3 is 0 Å². The highest BCUT2D eigenvalue weighted by atomic mass is 32.2. The van der Waals surface area contributed by atoms with Crippen LogP contribution in [0.15, 0.2) is 71.6 Å². The number of carbonyl (C=O) groups excluding carboxylic acids is 2. The van der Waals surface area contributed by atoms with Gasteiger partial charge < -0.3 is 10.2 Å². The van der Waals surface area contributed by atoms with Crippen molar-refractivity contribution < 1.29 is 22.4 Å². The maximum Gasteiger partial charge on any atom is 0.264 e. The van der Waals surface area contributed by atoms with Crippen LogP contribution in [0, 0.1) is 26.6 Å². The molecular formula is C30H36FN3O4S. The van der Waals surface area contributed by atoms with Gasteiger partial charge in [-0.15, -0.1) is 0 Å². The van der Waals surface area contributed by atoms with E-state index in [9.17, 15) is 22.4 Å². The number of halogens is 1. The largest absolute Gasteiger partial charge is 0.352 e. The molecule has 0 heterocycles. The smallest absolute Gasteiger partial charge is 0.264 e. The minimum atomic E-state index is -4.16. The van der Waals surface area contributed by atoms with Gasteiger partial charge in [-0.1, -0.05) is 42.0 Å². The zero-order valence-corrected chi connectivity index (χ0v) is 24.0. The topological polar surface area (TPSA) is 86.8 Å². The molecule has 0 bridgehead atoms. The van der Waals surface area contributed by atoms with Crippen molar-refractivity contribution in [2.24, 2.45) is 0 Å². The molecule has 3 aromatic rings. The Morgan fingerprint density at radius 1 is 0.897 bits per heavy atom. The number of amides is 2. The second kappa shape index (κ2) is 12.4. The lowest BCUT2D eigenvalue weighted by molar-refractivity contribution is -0.139. The van der Waals surface area contributed by atoms with Crippen LogP contribution in [0.25, 0.3) is 0 Å². The summed E-state index contributed by atoms with van der Waals surface area (Å²) < 4.78 is 43.4. The fourth-order valence-corrected chi connectivity index (χ4v) is 5.45. The van der Waals surface area contributed by atoms with Gasteiger partial charge in [-0.05, 0) is 83.0 Å². The number of rotatable bonds is 10. The minimum Gasteiger partial charge on any atom is -0.352 e. The minimum absolute atomic E-state index is 0.0328. The Bertz CT molecular complexity index is 1440. The van der Waals surface area contributed by atoms with E-state index in [0.717, 1.165) is 21.0 Å². The zero-order chi connectivity index (χ0) is 28.9. The number of sulfonamides is 1. The van der Waals surface area contributed by atoms with Gasteiger partial charge in [-0.2, -0.15) is 0 Å². The van der Waals surface area contributed by atoms with E-state index in [1.807, 2.05) is 20.8 Å². The molecule has 0 radical (unpaired) electrons. The maximum absolute atomic E-state index is 14.6. The number of hydrogen-bond acceptors (Lipinski definition) is 4. The van der Waals surface area contributed by atoms with E-state index in [2.05, 4.69) is 5.32 Å². The van der Waals surface area contributed by atoms with Gasteiger partial charge in [0, 0.05) is 18.2 Å². The quantitative estimate of drug-likeness (QED) is 0.387. The lowest BCUT2D eigenvalue weighted by Crippen LogP contribution is -2.52. The predicted molar refractivity (Wildman–Crippen MR) is 151 cm³/mol. The molecule has 0 saturated carbocycles. The first kappa shape index (κ1) is 29.8. The summed E-state index contributed by atoms with van der Waals surface area (Å²) in [7, 11) is -4.16. The molecule has 1 atom stereocenters. The Morgan fingerprint density at radius 2 is 1.54 bits per heavy atom. The van der Waals surface area contributed by atoms with E-state index in [1.165, 1.54) is 35.2 Å². The molecule has 3 aromatic carbocycles. The van der Waals surface area contributed by atoms with E-state index in [-0.39, 0.29) is 23.0 Å². The average molecular weight is 554 g/mol. The normalized spacial score (nSPS) is 12.2. The molecule has 0 saturated heterocycles. The van der Waals surface area contributed by atoms with E-state index in [1.54, 1.807) is 57.2 Å².